The molecule has 0 saturated heterocycles. The predicted octanol–water partition coefficient (Wildman–Crippen LogP) is 5.96. The van der Waals surface area contributed by atoms with E-state index in [1.165, 1.54) is 11.1 Å². The molecule has 0 aliphatic heterocycles. The number of hydrogen-bond acceptors (Lipinski definition) is 0. The van der Waals surface area contributed by atoms with Crippen molar-refractivity contribution >= 4 is 57.6 Å². The predicted molar refractivity (Wildman–Crippen MR) is 88.0 cm³/mol. The van der Waals surface area contributed by atoms with Crippen LogP contribution in [0, 0.1) is 5.92 Å². The first kappa shape index (κ1) is 16.4. The molecule has 0 amide bonds. The fourth-order valence-corrected chi connectivity index (χ4v) is 1.57. The van der Waals surface area contributed by atoms with Gasteiger partial charge in [0.2, 0.25) is 0 Å². The summed E-state index contributed by atoms with van der Waals surface area (Å²) in [6.07, 6.45) is 0. The fourth-order valence-electron chi connectivity index (χ4n) is 1.57. The van der Waals surface area contributed by atoms with Gasteiger partial charge >= 0.3 is 64.2 Å². The minimum absolute atomic E-state index is 0.423. The number of allylic oxidation sites excluding steroid dienone is 4. The van der Waals surface area contributed by atoms with E-state index < -0.39 is 6.63 Å². The van der Waals surface area contributed by atoms with Crippen LogP contribution in [0.5, 0.6) is 0 Å². The van der Waals surface area contributed by atoms with Crippen LogP contribution in [0.3, 0.4) is 0 Å². The summed E-state index contributed by atoms with van der Waals surface area (Å²) in [6.45, 7) is 10.8. The quantitative estimate of drug-likeness (QED) is 0.252. The van der Waals surface area contributed by atoms with Crippen molar-refractivity contribution in [3.8, 4) is 0 Å². The van der Waals surface area contributed by atoms with Gasteiger partial charge in [0.05, 0.1) is 0 Å². The van der Waals surface area contributed by atoms with Crippen molar-refractivity contribution in [2.75, 3.05) is 0 Å². The summed E-state index contributed by atoms with van der Waals surface area (Å²) in [5, 5.41) is 0. The van der Waals surface area contributed by atoms with Crippen LogP contribution in [0.25, 0.3) is 0 Å². The van der Waals surface area contributed by atoms with Gasteiger partial charge in [-0.15, -0.1) is 0 Å². The van der Waals surface area contributed by atoms with Crippen LogP contribution in [0.2, 0.25) is 0 Å². The van der Waals surface area contributed by atoms with Crippen LogP contribution >= 0.6 is 57.6 Å². The second-order valence-corrected chi connectivity index (χ2v) is 43.1. The second-order valence-electron chi connectivity index (χ2n) is 3.55. The van der Waals surface area contributed by atoms with Crippen LogP contribution in [0.15, 0.2) is 22.3 Å². The molecular formula is C10H16I3Ti. The molecule has 0 spiro atoms. The van der Waals surface area contributed by atoms with Crippen molar-refractivity contribution in [3.63, 3.8) is 0 Å². The third-order valence-electron chi connectivity index (χ3n) is 3.04. The van der Waals surface area contributed by atoms with E-state index in [4.69, 9.17) is 0 Å². The molecule has 81 valence electrons. The molecular weight excluding hydrogens is 549 g/mol. The summed E-state index contributed by atoms with van der Waals surface area (Å²) >= 11 is 7.45. The SMILES string of the molecule is CC1=C(C)C(C)C(C)=C1C.[I][Ti]([I])[I]. The van der Waals surface area contributed by atoms with E-state index in [0.717, 1.165) is 0 Å². The molecule has 4 heteroatoms. The Balaban J connectivity index is 0.000000364. The summed E-state index contributed by atoms with van der Waals surface area (Å²) in [6, 6.07) is 0. The van der Waals surface area contributed by atoms with Crippen molar-refractivity contribution in [1.82, 2.24) is 0 Å². The normalized spacial score (nSPS) is 17.1. The van der Waals surface area contributed by atoms with E-state index in [-0.39, 0.29) is 0 Å². The number of hydrogen-bond donors (Lipinski definition) is 0. The Kier molecular flexibility index (Phi) is 8.97. The van der Waals surface area contributed by atoms with Crippen LogP contribution in [0.1, 0.15) is 34.6 Å². The number of rotatable bonds is 0. The van der Waals surface area contributed by atoms with E-state index >= 15 is 0 Å². The second kappa shape index (κ2) is 7.66. The van der Waals surface area contributed by atoms with Gasteiger partial charge in [0.25, 0.3) is 0 Å². The molecule has 14 heavy (non-hydrogen) atoms. The first-order valence-electron chi connectivity index (χ1n) is 4.47. The first-order valence-corrected chi connectivity index (χ1v) is 19.6. The molecule has 0 N–H and O–H groups in total. The van der Waals surface area contributed by atoms with E-state index in [1.807, 2.05) is 0 Å². The van der Waals surface area contributed by atoms with Crippen molar-refractivity contribution < 1.29 is 6.63 Å². The van der Waals surface area contributed by atoms with Crippen LogP contribution < -0.4 is 0 Å². The summed E-state index contributed by atoms with van der Waals surface area (Å²) in [5.41, 5.74) is 6.11. The monoisotopic (exact) mass is 565 g/mol. The van der Waals surface area contributed by atoms with Gasteiger partial charge in [0, 0.05) is 0 Å². The molecule has 0 unspecified atom stereocenters. The Labute approximate surface area is 125 Å². The van der Waals surface area contributed by atoms with Crippen molar-refractivity contribution in [2.24, 2.45) is 5.92 Å². The van der Waals surface area contributed by atoms with Crippen molar-refractivity contribution in [2.45, 2.75) is 34.6 Å². The molecule has 0 aromatic rings. The molecule has 0 atom stereocenters. The van der Waals surface area contributed by atoms with Gasteiger partial charge < -0.3 is 0 Å². The molecule has 0 aromatic heterocycles. The average Bonchev–Trinajstić information content (AvgIpc) is 2.23. The Hall–Kier alpha value is 2.38. The maximum atomic E-state index is 2.48. The molecule has 0 radical (unpaired) electrons. The average molecular weight is 565 g/mol. The Morgan fingerprint density at radius 1 is 0.857 bits per heavy atom. The number of halogens is 3. The van der Waals surface area contributed by atoms with Gasteiger partial charge in [-0.05, 0) is 44.8 Å². The van der Waals surface area contributed by atoms with Crippen molar-refractivity contribution in [1.29, 1.82) is 0 Å². The van der Waals surface area contributed by atoms with Gasteiger partial charge in [-0.25, -0.2) is 0 Å². The summed E-state index contributed by atoms with van der Waals surface area (Å²) in [7, 11) is 0. The van der Waals surface area contributed by atoms with E-state index in [9.17, 15) is 0 Å². The molecule has 0 saturated carbocycles. The molecule has 0 heterocycles. The molecule has 1 rings (SSSR count). The summed E-state index contributed by atoms with van der Waals surface area (Å²) in [4.78, 5) is 0. The summed E-state index contributed by atoms with van der Waals surface area (Å²) < 4.78 is 0. The van der Waals surface area contributed by atoms with E-state index in [1.54, 1.807) is 11.1 Å². The summed E-state index contributed by atoms with van der Waals surface area (Å²) in [5.74, 6) is 0.694. The molecule has 0 aromatic carbocycles. The third kappa shape index (κ3) is 5.14. The Morgan fingerprint density at radius 2 is 1.07 bits per heavy atom. The van der Waals surface area contributed by atoms with Gasteiger partial charge in [-0.2, -0.15) is 0 Å². The molecule has 0 bridgehead atoms. The third-order valence-corrected chi connectivity index (χ3v) is 3.04. The molecule has 1 aliphatic rings. The standard InChI is InChI=1S/C10H16.3HI.Ti/c1-6-7(2)9(4)10(5)8(6)3;;;;/h6H,1-5H3;3*1H;/q;;;;+3/p-3. The zero-order chi connectivity index (χ0) is 11.5. The Bertz CT molecular complexity index is 240. The van der Waals surface area contributed by atoms with Gasteiger partial charge in [-0.1, -0.05) is 18.1 Å². The molecule has 1 aliphatic carbocycles. The molecule has 0 nitrogen and oxygen atoms in total. The van der Waals surface area contributed by atoms with Gasteiger partial charge in [0.15, 0.2) is 0 Å². The first-order chi connectivity index (χ1) is 6.29. The van der Waals surface area contributed by atoms with Gasteiger partial charge in [0.1, 0.15) is 0 Å². The minimum atomic E-state index is -0.423. The fraction of sp³-hybridized carbons (Fsp3) is 0.600. The van der Waals surface area contributed by atoms with Gasteiger partial charge in [-0.3, -0.25) is 0 Å². The molecule has 0 fully saturated rings. The van der Waals surface area contributed by atoms with Crippen LogP contribution in [0.4, 0.5) is 0 Å². The van der Waals surface area contributed by atoms with Crippen molar-refractivity contribution in [3.05, 3.63) is 22.3 Å². The zero-order valence-corrected chi connectivity index (χ0v) is 17.2. The maximum absolute atomic E-state index is 2.48. The van der Waals surface area contributed by atoms with E-state index in [2.05, 4.69) is 92.2 Å². The topological polar surface area (TPSA) is 0 Å². The van der Waals surface area contributed by atoms with Crippen LogP contribution in [-0.2, 0) is 6.63 Å². The Morgan fingerprint density at radius 3 is 1.14 bits per heavy atom. The van der Waals surface area contributed by atoms with E-state index in [0.29, 0.717) is 5.92 Å². The zero-order valence-electron chi connectivity index (χ0n) is 9.21. The van der Waals surface area contributed by atoms with Crippen LogP contribution in [-0.4, -0.2) is 0 Å².